The van der Waals surface area contributed by atoms with Gasteiger partial charge in [-0.25, -0.2) is 0 Å². The summed E-state index contributed by atoms with van der Waals surface area (Å²) in [5.74, 6) is -0.0337. The van der Waals surface area contributed by atoms with Gasteiger partial charge in [-0.05, 0) is 6.92 Å². The summed E-state index contributed by atoms with van der Waals surface area (Å²) in [5.41, 5.74) is -0.719. The van der Waals surface area contributed by atoms with E-state index in [2.05, 4.69) is 22.7 Å². The number of nitrogens with zero attached hydrogens (tertiary/aromatic N) is 1. The van der Waals surface area contributed by atoms with Crippen LogP contribution in [0.5, 0.6) is 0 Å². The van der Waals surface area contributed by atoms with Crippen LogP contribution in [0.1, 0.15) is 13.3 Å². The van der Waals surface area contributed by atoms with E-state index in [9.17, 15) is 4.79 Å². The van der Waals surface area contributed by atoms with Crippen LogP contribution in [0.4, 0.5) is 0 Å². The standard InChI is InChI=1S/C8H12BrNO2/c1-3-4-8(2)7(11)10(9)5-6-12-8/h3H,1,4-6H2,2H3/t8-/m0/s1. The molecule has 1 fully saturated rings. The Morgan fingerprint density at radius 2 is 2.58 bits per heavy atom. The van der Waals surface area contributed by atoms with E-state index in [1.807, 2.05) is 0 Å². The fourth-order valence-electron chi connectivity index (χ4n) is 1.19. The highest BCUT2D eigenvalue weighted by Crippen LogP contribution is 2.24. The number of hydrogen-bond acceptors (Lipinski definition) is 2. The van der Waals surface area contributed by atoms with E-state index < -0.39 is 5.60 Å². The topological polar surface area (TPSA) is 29.5 Å². The maximum absolute atomic E-state index is 11.5. The van der Waals surface area contributed by atoms with Crippen LogP contribution in [0.25, 0.3) is 0 Å². The van der Waals surface area contributed by atoms with Gasteiger partial charge in [-0.1, -0.05) is 6.08 Å². The molecular weight excluding hydrogens is 222 g/mol. The molecule has 1 amide bonds. The van der Waals surface area contributed by atoms with Crippen LogP contribution < -0.4 is 0 Å². The summed E-state index contributed by atoms with van der Waals surface area (Å²) in [6.07, 6.45) is 2.25. The lowest BCUT2D eigenvalue weighted by atomic mass is 10.00. The van der Waals surface area contributed by atoms with Crippen LogP contribution in [0, 0.1) is 0 Å². The summed E-state index contributed by atoms with van der Waals surface area (Å²) in [4.78, 5) is 11.5. The molecule has 1 rings (SSSR count). The van der Waals surface area contributed by atoms with Gasteiger partial charge in [0.05, 0.1) is 29.3 Å². The largest absolute Gasteiger partial charge is 0.363 e. The average Bonchev–Trinajstić information content (AvgIpc) is 2.01. The Bertz CT molecular complexity index is 207. The second-order valence-electron chi connectivity index (χ2n) is 2.96. The van der Waals surface area contributed by atoms with E-state index in [0.29, 0.717) is 19.6 Å². The molecule has 0 radical (unpaired) electrons. The molecule has 4 heteroatoms. The van der Waals surface area contributed by atoms with Gasteiger partial charge in [-0.2, -0.15) is 0 Å². The number of morpholine rings is 1. The van der Waals surface area contributed by atoms with Crippen molar-refractivity contribution < 1.29 is 9.53 Å². The monoisotopic (exact) mass is 233 g/mol. The number of carbonyl (C=O) groups excluding carboxylic acids is 1. The number of rotatable bonds is 2. The van der Waals surface area contributed by atoms with Gasteiger partial charge in [0, 0.05) is 6.42 Å². The predicted molar refractivity (Wildman–Crippen MR) is 49.8 cm³/mol. The molecule has 0 aromatic rings. The van der Waals surface area contributed by atoms with Crippen molar-refractivity contribution in [3.8, 4) is 0 Å². The van der Waals surface area contributed by atoms with Gasteiger partial charge in [0.25, 0.3) is 5.91 Å². The fourth-order valence-corrected chi connectivity index (χ4v) is 1.71. The Morgan fingerprint density at radius 1 is 1.92 bits per heavy atom. The first kappa shape index (κ1) is 9.74. The summed E-state index contributed by atoms with van der Waals surface area (Å²) < 4.78 is 6.91. The summed E-state index contributed by atoms with van der Waals surface area (Å²) in [6.45, 7) is 6.55. The molecule has 1 heterocycles. The van der Waals surface area contributed by atoms with E-state index in [4.69, 9.17) is 4.74 Å². The molecule has 1 saturated heterocycles. The molecule has 0 aromatic carbocycles. The number of halogens is 1. The lowest BCUT2D eigenvalue weighted by Gasteiger charge is -2.35. The summed E-state index contributed by atoms with van der Waals surface area (Å²) in [7, 11) is 0. The summed E-state index contributed by atoms with van der Waals surface area (Å²) in [6, 6.07) is 0. The van der Waals surface area contributed by atoms with Crippen LogP contribution in [0.3, 0.4) is 0 Å². The third-order valence-corrected chi connectivity index (χ3v) is 2.59. The highest BCUT2D eigenvalue weighted by Gasteiger charge is 2.39. The number of ether oxygens (including phenoxy) is 1. The third-order valence-electron chi connectivity index (χ3n) is 1.91. The van der Waals surface area contributed by atoms with Gasteiger partial charge >= 0.3 is 0 Å². The Labute approximate surface area is 80.7 Å². The summed E-state index contributed by atoms with van der Waals surface area (Å²) in [5, 5.41) is 0. The Kier molecular flexibility index (Phi) is 2.90. The number of carbonyl (C=O) groups is 1. The average molecular weight is 234 g/mol. The molecule has 12 heavy (non-hydrogen) atoms. The minimum absolute atomic E-state index is 0.0337. The highest BCUT2D eigenvalue weighted by molar-refractivity contribution is 9.07. The SMILES string of the molecule is C=CC[C@]1(C)OCCN(Br)C1=O. The van der Waals surface area contributed by atoms with E-state index >= 15 is 0 Å². The minimum atomic E-state index is -0.719. The molecule has 1 aliphatic heterocycles. The molecule has 0 aliphatic carbocycles. The first-order valence-corrected chi connectivity index (χ1v) is 4.54. The molecule has 0 unspecified atom stereocenters. The molecular formula is C8H12BrNO2. The van der Waals surface area contributed by atoms with Crippen molar-refractivity contribution in [3.63, 3.8) is 0 Å². The first-order chi connectivity index (χ1) is 5.60. The van der Waals surface area contributed by atoms with E-state index in [-0.39, 0.29) is 5.91 Å². The molecule has 0 spiro atoms. The van der Waals surface area contributed by atoms with Crippen molar-refractivity contribution in [1.29, 1.82) is 0 Å². The van der Waals surface area contributed by atoms with Crippen LogP contribution in [0.2, 0.25) is 0 Å². The lowest BCUT2D eigenvalue weighted by molar-refractivity contribution is -0.159. The second kappa shape index (κ2) is 3.58. The van der Waals surface area contributed by atoms with E-state index in [1.54, 1.807) is 13.0 Å². The Hall–Kier alpha value is -0.350. The fraction of sp³-hybridized carbons (Fsp3) is 0.625. The van der Waals surface area contributed by atoms with Crippen LogP contribution in [-0.4, -0.2) is 28.6 Å². The molecule has 1 atom stereocenters. The van der Waals surface area contributed by atoms with Crippen LogP contribution >= 0.6 is 16.1 Å². The van der Waals surface area contributed by atoms with Crippen LogP contribution in [0.15, 0.2) is 12.7 Å². The zero-order valence-corrected chi connectivity index (χ0v) is 8.63. The normalized spacial score (nSPS) is 30.5. The lowest BCUT2D eigenvalue weighted by Crippen LogP contribution is -2.51. The van der Waals surface area contributed by atoms with Gasteiger partial charge in [-0.3, -0.25) is 8.72 Å². The van der Waals surface area contributed by atoms with Gasteiger partial charge in [-0.15, -0.1) is 6.58 Å². The van der Waals surface area contributed by atoms with Gasteiger partial charge in [0.15, 0.2) is 0 Å². The van der Waals surface area contributed by atoms with Gasteiger partial charge < -0.3 is 4.74 Å². The van der Waals surface area contributed by atoms with Crippen molar-refractivity contribution in [2.45, 2.75) is 18.9 Å². The zero-order chi connectivity index (χ0) is 9.19. The van der Waals surface area contributed by atoms with Gasteiger partial charge in [0.2, 0.25) is 0 Å². The molecule has 0 bridgehead atoms. The quantitative estimate of drug-likeness (QED) is 0.535. The highest BCUT2D eigenvalue weighted by atomic mass is 79.9. The van der Waals surface area contributed by atoms with Crippen molar-refractivity contribution in [2.24, 2.45) is 0 Å². The molecule has 0 aromatic heterocycles. The number of amides is 1. The Morgan fingerprint density at radius 3 is 3.17 bits per heavy atom. The number of hydrogen-bond donors (Lipinski definition) is 0. The Balaban J connectivity index is 2.73. The smallest absolute Gasteiger partial charge is 0.264 e. The summed E-state index contributed by atoms with van der Waals surface area (Å²) >= 11 is 3.17. The molecule has 3 nitrogen and oxygen atoms in total. The third kappa shape index (κ3) is 1.69. The minimum Gasteiger partial charge on any atom is -0.363 e. The maximum Gasteiger partial charge on any atom is 0.264 e. The van der Waals surface area contributed by atoms with Crippen molar-refractivity contribution >= 4 is 22.1 Å². The molecule has 0 N–H and O–H groups in total. The van der Waals surface area contributed by atoms with Crippen molar-refractivity contribution in [1.82, 2.24) is 3.93 Å². The maximum atomic E-state index is 11.5. The molecule has 0 saturated carbocycles. The predicted octanol–water partition coefficient (Wildman–Crippen LogP) is 1.49. The van der Waals surface area contributed by atoms with E-state index in [0.717, 1.165) is 0 Å². The first-order valence-electron chi connectivity index (χ1n) is 3.83. The van der Waals surface area contributed by atoms with E-state index in [1.165, 1.54) is 3.93 Å². The van der Waals surface area contributed by atoms with Gasteiger partial charge in [0.1, 0.15) is 5.60 Å². The molecule has 1 aliphatic rings. The second-order valence-corrected chi connectivity index (χ2v) is 3.82. The zero-order valence-electron chi connectivity index (χ0n) is 7.05. The van der Waals surface area contributed by atoms with Crippen LogP contribution in [-0.2, 0) is 9.53 Å². The van der Waals surface area contributed by atoms with Crippen molar-refractivity contribution in [3.05, 3.63) is 12.7 Å². The molecule has 68 valence electrons. The van der Waals surface area contributed by atoms with Crippen molar-refractivity contribution in [2.75, 3.05) is 13.2 Å².